The first-order chi connectivity index (χ1) is 8.71. The Morgan fingerprint density at radius 3 is 2.53 bits per heavy atom. The summed E-state index contributed by atoms with van der Waals surface area (Å²) >= 11 is 0. The van der Waals surface area contributed by atoms with E-state index in [-0.39, 0.29) is 16.8 Å². The number of carbonyl (C=O) groups excluding carboxylic acids is 1. The molecule has 9 heteroatoms. The Kier molecular flexibility index (Phi) is 2.97. The fourth-order valence-electron chi connectivity index (χ4n) is 1.81. The van der Waals surface area contributed by atoms with E-state index in [2.05, 4.69) is 0 Å². The van der Waals surface area contributed by atoms with Crippen LogP contribution in [-0.2, 0) is 14.9 Å². The number of non-ortho nitro benzene ring substituents is 1. The SMILES string of the molecule is NC1C(=O)C=C(S(=O)(=O)O)c2cc([N+](=O)[O-])ccc21. The van der Waals surface area contributed by atoms with Gasteiger partial charge >= 0.3 is 0 Å². The molecule has 19 heavy (non-hydrogen) atoms. The molecule has 100 valence electrons. The van der Waals surface area contributed by atoms with Gasteiger partial charge in [-0.3, -0.25) is 19.5 Å². The molecule has 2 rings (SSSR count). The van der Waals surface area contributed by atoms with E-state index in [9.17, 15) is 23.3 Å². The predicted octanol–water partition coefficient (Wildman–Crippen LogP) is 0.406. The average Bonchev–Trinajstić information content (AvgIpc) is 2.31. The fraction of sp³-hybridized carbons (Fsp3) is 0.100. The molecule has 1 atom stereocenters. The third kappa shape index (κ3) is 2.26. The first kappa shape index (κ1) is 13.3. The summed E-state index contributed by atoms with van der Waals surface area (Å²) in [6.07, 6.45) is 0.673. The van der Waals surface area contributed by atoms with E-state index in [1.807, 2.05) is 0 Å². The van der Waals surface area contributed by atoms with Crippen LogP contribution in [0, 0.1) is 10.1 Å². The van der Waals surface area contributed by atoms with Crippen LogP contribution < -0.4 is 5.73 Å². The average molecular weight is 284 g/mol. The lowest BCUT2D eigenvalue weighted by molar-refractivity contribution is -0.384. The summed E-state index contributed by atoms with van der Waals surface area (Å²) < 4.78 is 31.5. The molecule has 1 aromatic carbocycles. The molecule has 1 aliphatic rings. The lowest BCUT2D eigenvalue weighted by Crippen LogP contribution is -2.26. The molecule has 1 aliphatic carbocycles. The van der Waals surface area contributed by atoms with Crippen molar-refractivity contribution < 1.29 is 22.7 Å². The fourth-order valence-corrected chi connectivity index (χ4v) is 2.53. The summed E-state index contributed by atoms with van der Waals surface area (Å²) in [6.45, 7) is 0. The maximum atomic E-state index is 11.5. The number of hydrogen-bond acceptors (Lipinski definition) is 6. The highest BCUT2D eigenvalue weighted by Crippen LogP contribution is 2.34. The lowest BCUT2D eigenvalue weighted by Gasteiger charge is -2.19. The highest BCUT2D eigenvalue weighted by molar-refractivity contribution is 7.95. The van der Waals surface area contributed by atoms with Gasteiger partial charge in [0.1, 0.15) is 4.91 Å². The van der Waals surface area contributed by atoms with Crippen LogP contribution in [0.4, 0.5) is 5.69 Å². The van der Waals surface area contributed by atoms with Crippen molar-refractivity contribution in [2.24, 2.45) is 5.73 Å². The van der Waals surface area contributed by atoms with Crippen molar-refractivity contribution in [2.45, 2.75) is 6.04 Å². The van der Waals surface area contributed by atoms with Crippen molar-refractivity contribution in [1.29, 1.82) is 0 Å². The molecule has 0 fully saturated rings. The third-order valence-electron chi connectivity index (χ3n) is 2.71. The van der Waals surface area contributed by atoms with Crippen molar-refractivity contribution in [2.75, 3.05) is 0 Å². The molecule has 0 aromatic heterocycles. The second kappa shape index (κ2) is 4.23. The largest absolute Gasteiger partial charge is 0.318 e. The summed E-state index contributed by atoms with van der Waals surface area (Å²) in [6, 6.07) is 2.16. The molecule has 0 radical (unpaired) electrons. The van der Waals surface area contributed by atoms with E-state index in [0.29, 0.717) is 6.08 Å². The number of fused-ring (bicyclic) bond motifs is 1. The van der Waals surface area contributed by atoms with Crippen LogP contribution in [0.2, 0.25) is 0 Å². The zero-order valence-electron chi connectivity index (χ0n) is 9.31. The van der Waals surface area contributed by atoms with E-state index in [0.717, 1.165) is 12.1 Å². The monoisotopic (exact) mass is 284 g/mol. The molecule has 1 aromatic rings. The predicted molar refractivity (Wildman–Crippen MR) is 64.6 cm³/mol. The molecule has 0 saturated carbocycles. The molecule has 8 nitrogen and oxygen atoms in total. The first-order valence-corrected chi connectivity index (χ1v) is 6.43. The summed E-state index contributed by atoms with van der Waals surface area (Å²) in [5, 5.41) is 10.7. The summed E-state index contributed by atoms with van der Waals surface area (Å²) in [5.41, 5.74) is 5.20. The van der Waals surface area contributed by atoms with Crippen molar-refractivity contribution in [3.05, 3.63) is 45.5 Å². The minimum Gasteiger partial charge on any atom is -0.318 e. The van der Waals surface area contributed by atoms with Crippen LogP contribution in [0.3, 0.4) is 0 Å². The quantitative estimate of drug-likeness (QED) is 0.455. The van der Waals surface area contributed by atoms with Crippen molar-refractivity contribution in [3.8, 4) is 0 Å². The van der Waals surface area contributed by atoms with Crippen LogP contribution in [0.15, 0.2) is 24.3 Å². The molecular formula is C10H8N2O6S. The lowest BCUT2D eigenvalue weighted by atomic mass is 9.92. The Morgan fingerprint density at radius 1 is 1.37 bits per heavy atom. The molecule has 3 N–H and O–H groups in total. The number of nitrogens with two attached hydrogens (primary N) is 1. The Balaban J connectivity index is 2.76. The second-order valence-electron chi connectivity index (χ2n) is 3.89. The number of rotatable bonds is 2. The third-order valence-corrected chi connectivity index (χ3v) is 3.60. The second-order valence-corrected chi connectivity index (χ2v) is 5.28. The minimum absolute atomic E-state index is 0.116. The number of nitro groups is 1. The first-order valence-electron chi connectivity index (χ1n) is 4.99. The van der Waals surface area contributed by atoms with Gasteiger partial charge < -0.3 is 5.73 Å². The number of benzene rings is 1. The topological polar surface area (TPSA) is 141 Å². The molecule has 0 saturated heterocycles. The minimum atomic E-state index is -4.68. The van der Waals surface area contributed by atoms with Gasteiger partial charge in [-0.25, -0.2) is 0 Å². The molecule has 0 amide bonds. The maximum Gasteiger partial charge on any atom is 0.295 e. The van der Waals surface area contributed by atoms with Gasteiger partial charge in [-0.2, -0.15) is 8.42 Å². The highest BCUT2D eigenvalue weighted by atomic mass is 32.2. The van der Waals surface area contributed by atoms with E-state index in [1.54, 1.807) is 0 Å². The Morgan fingerprint density at radius 2 is 2.00 bits per heavy atom. The van der Waals surface area contributed by atoms with Crippen LogP contribution in [0.25, 0.3) is 4.91 Å². The van der Waals surface area contributed by atoms with E-state index in [4.69, 9.17) is 10.3 Å². The van der Waals surface area contributed by atoms with Gasteiger partial charge in [0.15, 0.2) is 5.78 Å². The number of carbonyl (C=O) groups is 1. The van der Waals surface area contributed by atoms with Gasteiger partial charge in [0.2, 0.25) is 0 Å². The zero-order chi connectivity index (χ0) is 14.4. The maximum absolute atomic E-state index is 11.5. The van der Waals surface area contributed by atoms with E-state index in [1.165, 1.54) is 6.07 Å². The smallest absolute Gasteiger partial charge is 0.295 e. The van der Waals surface area contributed by atoms with E-state index >= 15 is 0 Å². The summed E-state index contributed by atoms with van der Waals surface area (Å²) in [7, 11) is -4.68. The van der Waals surface area contributed by atoms with Gasteiger partial charge in [-0.1, -0.05) is 0 Å². The molecule has 1 unspecified atom stereocenters. The van der Waals surface area contributed by atoms with Gasteiger partial charge in [-0.05, 0) is 11.6 Å². The number of nitrogens with zero attached hydrogens (tertiary/aromatic N) is 1. The highest BCUT2D eigenvalue weighted by Gasteiger charge is 2.32. The number of hydrogen-bond donors (Lipinski definition) is 2. The normalized spacial score (nSPS) is 18.7. The van der Waals surface area contributed by atoms with E-state index < -0.39 is 31.8 Å². The van der Waals surface area contributed by atoms with Crippen molar-refractivity contribution >= 4 is 26.5 Å². The number of ketones is 1. The van der Waals surface area contributed by atoms with Gasteiger partial charge in [0.05, 0.1) is 11.0 Å². The van der Waals surface area contributed by atoms with Crippen LogP contribution >= 0.6 is 0 Å². The van der Waals surface area contributed by atoms with Crippen LogP contribution in [0.5, 0.6) is 0 Å². The zero-order valence-corrected chi connectivity index (χ0v) is 10.1. The Bertz CT molecular complexity index is 722. The molecule has 0 heterocycles. The van der Waals surface area contributed by atoms with Crippen molar-refractivity contribution in [3.63, 3.8) is 0 Å². The van der Waals surface area contributed by atoms with Gasteiger partial charge in [0.25, 0.3) is 15.8 Å². The van der Waals surface area contributed by atoms with Crippen molar-refractivity contribution in [1.82, 2.24) is 0 Å². The Hall–Kier alpha value is -2.10. The molecule has 0 bridgehead atoms. The molecular weight excluding hydrogens is 276 g/mol. The van der Waals surface area contributed by atoms with Gasteiger partial charge in [0, 0.05) is 23.8 Å². The standard InChI is InChI=1S/C10H8N2O6S/c11-10-6-2-1-5(12(14)15)3-7(6)9(4-8(10)13)19(16,17)18/h1-4,10H,11H2,(H,16,17,18). The molecule has 0 aliphatic heterocycles. The Labute approximate surface area is 107 Å². The summed E-state index contributed by atoms with van der Waals surface area (Å²) in [5.74, 6) is -0.700. The summed E-state index contributed by atoms with van der Waals surface area (Å²) in [4.78, 5) is 20.8. The number of nitro benzene ring substituents is 1. The van der Waals surface area contributed by atoms with Crippen LogP contribution in [0.1, 0.15) is 17.2 Å². The van der Waals surface area contributed by atoms with Crippen LogP contribution in [-0.4, -0.2) is 23.7 Å². The molecule has 0 spiro atoms. The van der Waals surface area contributed by atoms with Gasteiger partial charge in [-0.15, -0.1) is 0 Å².